The lowest BCUT2D eigenvalue weighted by Crippen LogP contribution is -2.24. The Morgan fingerprint density at radius 3 is 2.62 bits per heavy atom. The number of aryl methyl sites for hydroxylation is 1. The molecule has 7 heteroatoms. The van der Waals surface area contributed by atoms with Gasteiger partial charge < -0.3 is 10.2 Å². The third kappa shape index (κ3) is 6.84. The Morgan fingerprint density at radius 1 is 1.14 bits per heavy atom. The number of carbonyl (C=O) groups is 1. The van der Waals surface area contributed by atoms with Gasteiger partial charge in [0.1, 0.15) is 5.82 Å². The molecule has 1 atom stereocenters. The standard InChI is InChI=1S/C30H37FN4OS/c1-5-15-35-20-22(19-32-35)13-16-34(4)17-14-26-27-18-25(11-12-28(27)37-29(26)21(3)6-2)33-30(36)23-7-9-24(31)10-8-23/h7-12,18-21H,5-6,13-17H2,1-4H3,(H,33,36). The number of halogens is 1. The van der Waals surface area contributed by atoms with Gasteiger partial charge in [0, 0.05) is 46.7 Å². The van der Waals surface area contributed by atoms with Crippen LogP contribution in [0.15, 0.2) is 54.9 Å². The summed E-state index contributed by atoms with van der Waals surface area (Å²) in [5, 5.41) is 8.65. The average molecular weight is 521 g/mol. The molecule has 2 aromatic heterocycles. The number of hydrogen-bond acceptors (Lipinski definition) is 4. The van der Waals surface area contributed by atoms with Gasteiger partial charge in [-0.1, -0.05) is 20.8 Å². The molecule has 0 radical (unpaired) electrons. The first-order valence-corrected chi connectivity index (χ1v) is 14.0. The maximum Gasteiger partial charge on any atom is 0.255 e. The molecule has 0 aliphatic carbocycles. The van der Waals surface area contributed by atoms with Crippen molar-refractivity contribution in [2.45, 2.75) is 58.9 Å². The number of likely N-dealkylation sites (N-methyl/N-ethyl adjacent to an activating group) is 1. The summed E-state index contributed by atoms with van der Waals surface area (Å²) in [5.74, 6) is -0.102. The first-order valence-electron chi connectivity index (χ1n) is 13.2. The van der Waals surface area contributed by atoms with E-state index in [1.54, 1.807) is 0 Å². The van der Waals surface area contributed by atoms with Crippen molar-refractivity contribution in [1.82, 2.24) is 14.7 Å². The number of thiophene rings is 1. The lowest BCUT2D eigenvalue weighted by Gasteiger charge is -2.18. The molecule has 0 saturated heterocycles. The molecule has 2 aromatic carbocycles. The van der Waals surface area contributed by atoms with E-state index in [4.69, 9.17) is 0 Å². The Morgan fingerprint density at radius 2 is 1.89 bits per heavy atom. The summed E-state index contributed by atoms with van der Waals surface area (Å²) in [4.78, 5) is 16.5. The second kappa shape index (κ2) is 12.5. The number of benzene rings is 2. The summed E-state index contributed by atoms with van der Waals surface area (Å²) in [6.45, 7) is 9.61. The van der Waals surface area contributed by atoms with Crippen LogP contribution in [0.5, 0.6) is 0 Å². The van der Waals surface area contributed by atoms with Crippen LogP contribution in [-0.2, 0) is 19.4 Å². The summed E-state index contributed by atoms with van der Waals surface area (Å²) in [6.07, 6.45) is 8.27. The lowest BCUT2D eigenvalue weighted by molar-refractivity contribution is 0.102. The number of anilines is 1. The number of hydrogen-bond donors (Lipinski definition) is 1. The highest BCUT2D eigenvalue weighted by Crippen LogP contribution is 2.39. The van der Waals surface area contributed by atoms with Crippen LogP contribution in [0, 0.1) is 5.82 Å². The van der Waals surface area contributed by atoms with Gasteiger partial charge in [0.15, 0.2) is 0 Å². The molecule has 37 heavy (non-hydrogen) atoms. The van der Waals surface area contributed by atoms with E-state index in [0.29, 0.717) is 11.5 Å². The average Bonchev–Trinajstić information content (AvgIpc) is 3.50. The Hall–Kier alpha value is -3.03. The number of rotatable bonds is 12. The molecule has 4 aromatic rings. The van der Waals surface area contributed by atoms with E-state index in [2.05, 4.69) is 61.5 Å². The number of carbonyl (C=O) groups excluding carboxylic acids is 1. The number of fused-ring (bicyclic) bond motifs is 1. The zero-order valence-electron chi connectivity index (χ0n) is 22.3. The number of nitrogens with one attached hydrogen (secondary N) is 1. The summed E-state index contributed by atoms with van der Waals surface area (Å²) < 4.78 is 16.5. The van der Waals surface area contributed by atoms with Gasteiger partial charge in [-0.3, -0.25) is 9.48 Å². The minimum Gasteiger partial charge on any atom is -0.322 e. The molecule has 0 aliphatic heterocycles. The predicted molar refractivity (Wildman–Crippen MR) is 152 cm³/mol. The van der Waals surface area contributed by atoms with E-state index in [9.17, 15) is 9.18 Å². The van der Waals surface area contributed by atoms with Crippen LogP contribution in [0.1, 0.15) is 65.9 Å². The number of amides is 1. The van der Waals surface area contributed by atoms with Crippen molar-refractivity contribution >= 4 is 33.0 Å². The maximum atomic E-state index is 13.2. The fourth-order valence-corrected chi connectivity index (χ4v) is 5.88. The smallest absolute Gasteiger partial charge is 0.255 e. The molecule has 5 nitrogen and oxygen atoms in total. The number of nitrogens with zero attached hydrogens (tertiary/aromatic N) is 3. The van der Waals surface area contributed by atoms with Crippen LogP contribution < -0.4 is 5.32 Å². The zero-order valence-corrected chi connectivity index (χ0v) is 23.1. The topological polar surface area (TPSA) is 50.2 Å². The van der Waals surface area contributed by atoms with Crippen LogP contribution in [0.4, 0.5) is 10.1 Å². The third-order valence-electron chi connectivity index (χ3n) is 6.91. The second-order valence-corrected chi connectivity index (χ2v) is 10.9. The highest BCUT2D eigenvalue weighted by molar-refractivity contribution is 7.19. The van der Waals surface area contributed by atoms with E-state index in [1.807, 2.05) is 28.3 Å². The van der Waals surface area contributed by atoms with Crippen molar-refractivity contribution in [3.8, 4) is 0 Å². The van der Waals surface area contributed by atoms with Gasteiger partial charge in [-0.15, -0.1) is 11.3 Å². The van der Waals surface area contributed by atoms with Crippen LogP contribution in [0.3, 0.4) is 0 Å². The second-order valence-electron chi connectivity index (χ2n) is 9.84. The molecule has 0 aliphatic rings. The minimum absolute atomic E-state index is 0.236. The zero-order chi connectivity index (χ0) is 26.4. The molecule has 196 valence electrons. The number of aromatic nitrogens is 2. The van der Waals surface area contributed by atoms with Gasteiger partial charge in [0.05, 0.1) is 6.20 Å². The van der Waals surface area contributed by atoms with E-state index in [-0.39, 0.29) is 11.7 Å². The van der Waals surface area contributed by atoms with Gasteiger partial charge in [-0.2, -0.15) is 5.10 Å². The first kappa shape index (κ1) is 27.0. The molecule has 4 rings (SSSR count). The van der Waals surface area contributed by atoms with E-state index in [0.717, 1.165) is 51.0 Å². The Balaban J connectivity index is 1.48. The van der Waals surface area contributed by atoms with Crippen molar-refractivity contribution in [3.63, 3.8) is 0 Å². The molecule has 1 amide bonds. The Labute approximate surface area is 223 Å². The van der Waals surface area contributed by atoms with Crippen molar-refractivity contribution < 1.29 is 9.18 Å². The summed E-state index contributed by atoms with van der Waals surface area (Å²) >= 11 is 1.87. The highest BCUT2D eigenvalue weighted by atomic mass is 32.1. The molecular formula is C30H37FN4OS. The van der Waals surface area contributed by atoms with Gasteiger partial charge in [-0.05, 0) is 97.6 Å². The van der Waals surface area contributed by atoms with E-state index in [1.165, 1.54) is 50.4 Å². The molecule has 2 heterocycles. The van der Waals surface area contributed by atoms with Crippen LogP contribution in [-0.4, -0.2) is 40.7 Å². The van der Waals surface area contributed by atoms with Crippen LogP contribution in [0.25, 0.3) is 10.1 Å². The summed E-state index contributed by atoms with van der Waals surface area (Å²) in [6, 6.07) is 11.8. The van der Waals surface area contributed by atoms with Crippen molar-refractivity contribution in [1.29, 1.82) is 0 Å². The molecule has 0 fully saturated rings. The molecule has 0 bridgehead atoms. The maximum absolute atomic E-state index is 13.2. The van der Waals surface area contributed by atoms with E-state index < -0.39 is 0 Å². The minimum atomic E-state index is -0.352. The molecular weight excluding hydrogens is 483 g/mol. The predicted octanol–water partition coefficient (Wildman–Crippen LogP) is 7.13. The molecule has 0 spiro atoms. The fourth-order valence-electron chi connectivity index (χ4n) is 4.51. The monoisotopic (exact) mass is 520 g/mol. The largest absolute Gasteiger partial charge is 0.322 e. The van der Waals surface area contributed by atoms with Gasteiger partial charge in [0.2, 0.25) is 0 Å². The highest BCUT2D eigenvalue weighted by Gasteiger charge is 2.18. The summed E-state index contributed by atoms with van der Waals surface area (Å²) in [7, 11) is 2.18. The normalized spacial score (nSPS) is 12.4. The molecule has 1 N–H and O–H groups in total. The van der Waals surface area contributed by atoms with Crippen molar-refractivity contribution in [2.75, 3.05) is 25.5 Å². The van der Waals surface area contributed by atoms with Gasteiger partial charge in [-0.25, -0.2) is 4.39 Å². The van der Waals surface area contributed by atoms with Crippen LogP contribution in [0.2, 0.25) is 0 Å². The van der Waals surface area contributed by atoms with Crippen molar-refractivity contribution in [2.24, 2.45) is 0 Å². The SMILES string of the molecule is CCCn1cc(CCN(C)CCc2c(C(C)CC)sc3ccc(NC(=O)c4ccc(F)cc4)cc23)cn1. The Bertz CT molecular complexity index is 1330. The molecule has 0 saturated carbocycles. The van der Waals surface area contributed by atoms with Gasteiger partial charge in [0.25, 0.3) is 5.91 Å². The molecule has 1 unspecified atom stereocenters. The third-order valence-corrected chi connectivity index (χ3v) is 8.36. The van der Waals surface area contributed by atoms with Crippen LogP contribution >= 0.6 is 11.3 Å². The van der Waals surface area contributed by atoms with Gasteiger partial charge >= 0.3 is 0 Å². The summed E-state index contributed by atoms with van der Waals surface area (Å²) in [5.41, 5.74) is 3.86. The fraction of sp³-hybridized carbons (Fsp3) is 0.400. The van der Waals surface area contributed by atoms with Crippen molar-refractivity contribution in [3.05, 3.63) is 82.2 Å². The Kier molecular flexibility index (Phi) is 9.11. The lowest BCUT2D eigenvalue weighted by atomic mass is 9.98. The first-order chi connectivity index (χ1) is 17.9. The van der Waals surface area contributed by atoms with E-state index >= 15 is 0 Å². The quantitative estimate of drug-likeness (QED) is 0.216.